The molecule has 0 unspecified atom stereocenters. The van der Waals surface area contributed by atoms with Crippen molar-refractivity contribution in [1.82, 2.24) is 19.6 Å². The minimum absolute atomic E-state index is 0.243. The van der Waals surface area contributed by atoms with Gasteiger partial charge in [0.25, 0.3) is 11.8 Å². The van der Waals surface area contributed by atoms with E-state index in [1.54, 1.807) is 48.8 Å². The Labute approximate surface area is 114 Å². The predicted octanol–water partition coefficient (Wildman–Crippen LogP) is 1.46. The number of carbonyl (C=O) groups excluding carboxylic acids is 2. The normalized spacial score (nSPS) is 10.4. The first-order valence-corrected chi connectivity index (χ1v) is 5.94. The van der Waals surface area contributed by atoms with Crippen molar-refractivity contribution in [3.63, 3.8) is 0 Å². The molecule has 0 amide bonds. The summed E-state index contributed by atoms with van der Waals surface area (Å²) in [6.45, 7) is 0. The Balaban J connectivity index is 1.85. The van der Waals surface area contributed by atoms with Crippen LogP contribution in [-0.2, 0) is 0 Å². The minimum Gasteiger partial charge on any atom is -0.267 e. The third-order valence-corrected chi connectivity index (χ3v) is 2.80. The molecule has 6 nitrogen and oxygen atoms in total. The topological polar surface area (TPSA) is 69.8 Å². The van der Waals surface area contributed by atoms with E-state index in [2.05, 4.69) is 10.2 Å². The van der Waals surface area contributed by atoms with Gasteiger partial charge in [0.15, 0.2) is 0 Å². The fourth-order valence-corrected chi connectivity index (χ4v) is 1.80. The second kappa shape index (κ2) is 4.93. The van der Waals surface area contributed by atoms with E-state index in [-0.39, 0.29) is 11.8 Å². The second-order valence-corrected chi connectivity index (χ2v) is 4.09. The highest BCUT2D eigenvalue weighted by atomic mass is 16.2. The SMILES string of the molecule is O=C(c1ccc(C(=O)n2cccn2)cc1)n1cccn1. The lowest BCUT2D eigenvalue weighted by Gasteiger charge is -2.03. The first kappa shape index (κ1) is 12.0. The molecule has 0 aliphatic rings. The standard InChI is InChI=1S/C14H10N4O2/c19-13(17-9-1-7-15-17)11-3-5-12(6-4-11)14(20)18-10-2-8-16-18/h1-10H. The molecule has 0 atom stereocenters. The van der Waals surface area contributed by atoms with Crippen LogP contribution in [0.4, 0.5) is 0 Å². The van der Waals surface area contributed by atoms with Crippen LogP contribution in [0.5, 0.6) is 0 Å². The van der Waals surface area contributed by atoms with Crippen molar-refractivity contribution >= 4 is 11.8 Å². The van der Waals surface area contributed by atoms with Gasteiger partial charge in [-0.2, -0.15) is 10.2 Å². The van der Waals surface area contributed by atoms with E-state index in [1.807, 2.05) is 0 Å². The van der Waals surface area contributed by atoms with Crippen molar-refractivity contribution in [3.8, 4) is 0 Å². The van der Waals surface area contributed by atoms with Gasteiger partial charge < -0.3 is 0 Å². The number of hydrogen-bond acceptors (Lipinski definition) is 4. The fourth-order valence-electron chi connectivity index (χ4n) is 1.80. The smallest absolute Gasteiger partial charge is 0.267 e. The lowest BCUT2D eigenvalue weighted by Crippen LogP contribution is -2.14. The van der Waals surface area contributed by atoms with Crippen molar-refractivity contribution in [1.29, 1.82) is 0 Å². The lowest BCUT2D eigenvalue weighted by molar-refractivity contribution is 0.0933. The maximum atomic E-state index is 12.0. The van der Waals surface area contributed by atoms with Gasteiger partial charge in [0.1, 0.15) is 0 Å². The van der Waals surface area contributed by atoms with Gasteiger partial charge in [0.05, 0.1) is 0 Å². The second-order valence-electron chi connectivity index (χ2n) is 4.09. The number of carbonyl (C=O) groups is 2. The van der Waals surface area contributed by atoms with E-state index in [4.69, 9.17) is 0 Å². The Morgan fingerprint density at radius 2 is 1.15 bits per heavy atom. The third kappa shape index (κ3) is 2.14. The first-order valence-electron chi connectivity index (χ1n) is 5.94. The molecular weight excluding hydrogens is 256 g/mol. The van der Waals surface area contributed by atoms with Crippen LogP contribution in [0.15, 0.2) is 61.2 Å². The maximum Gasteiger partial charge on any atom is 0.278 e. The molecule has 6 heteroatoms. The highest BCUT2D eigenvalue weighted by Gasteiger charge is 2.11. The average molecular weight is 266 g/mol. The molecule has 98 valence electrons. The average Bonchev–Trinajstić information content (AvgIpc) is 3.18. The molecular formula is C14H10N4O2. The molecule has 0 saturated heterocycles. The van der Waals surface area contributed by atoms with Gasteiger partial charge in [-0.3, -0.25) is 9.59 Å². The summed E-state index contributed by atoms with van der Waals surface area (Å²) >= 11 is 0. The number of hydrogen-bond donors (Lipinski definition) is 0. The molecule has 0 N–H and O–H groups in total. The van der Waals surface area contributed by atoms with Crippen molar-refractivity contribution in [2.45, 2.75) is 0 Å². The highest BCUT2D eigenvalue weighted by molar-refractivity contribution is 5.98. The van der Waals surface area contributed by atoms with Crippen LogP contribution in [0.3, 0.4) is 0 Å². The Bertz CT molecular complexity index is 663. The first-order chi connectivity index (χ1) is 9.75. The molecule has 1 aromatic carbocycles. The molecule has 0 aliphatic carbocycles. The van der Waals surface area contributed by atoms with E-state index < -0.39 is 0 Å². The summed E-state index contributed by atoms with van der Waals surface area (Å²) in [5.74, 6) is -0.485. The molecule has 3 rings (SSSR count). The Kier molecular flexibility index (Phi) is 2.96. The molecule has 0 fully saturated rings. The highest BCUT2D eigenvalue weighted by Crippen LogP contribution is 2.08. The van der Waals surface area contributed by atoms with Crippen molar-refractivity contribution in [2.75, 3.05) is 0 Å². The van der Waals surface area contributed by atoms with E-state index in [0.29, 0.717) is 11.1 Å². The van der Waals surface area contributed by atoms with Gasteiger partial charge >= 0.3 is 0 Å². The van der Waals surface area contributed by atoms with Crippen LogP contribution < -0.4 is 0 Å². The molecule has 0 aliphatic heterocycles. The zero-order chi connectivity index (χ0) is 13.9. The Morgan fingerprint density at radius 3 is 1.45 bits per heavy atom. The summed E-state index contributed by atoms with van der Waals surface area (Å²) < 4.78 is 2.48. The molecule has 2 heterocycles. The minimum atomic E-state index is -0.243. The molecule has 0 radical (unpaired) electrons. The molecule has 0 bridgehead atoms. The summed E-state index contributed by atoms with van der Waals surface area (Å²) in [6, 6.07) is 9.74. The van der Waals surface area contributed by atoms with Crippen molar-refractivity contribution in [2.24, 2.45) is 0 Å². The predicted molar refractivity (Wildman–Crippen MR) is 70.4 cm³/mol. The van der Waals surface area contributed by atoms with Crippen LogP contribution in [0.25, 0.3) is 0 Å². The number of benzene rings is 1. The molecule has 3 aromatic rings. The summed E-state index contributed by atoms with van der Waals surface area (Å²) in [5.41, 5.74) is 0.927. The third-order valence-electron chi connectivity index (χ3n) is 2.80. The Morgan fingerprint density at radius 1 is 0.750 bits per heavy atom. The quantitative estimate of drug-likeness (QED) is 0.704. The van der Waals surface area contributed by atoms with Gasteiger partial charge in [-0.05, 0) is 36.4 Å². The maximum absolute atomic E-state index is 12.0. The van der Waals surface area contributed by atoms with Crippen LogP contribution in [0.1, 0.15) is 20.7 Å². The lowest BCUT2D eigenvalue weighted by atomic mass is 10.1. The van der Waals surface area contributed by atoms with Gasteiger partial charge in [0, 0.05) is 35.9 Å². The van der Waals surface area contributed by atoms with Crippen LogP contribution in [-0.4, -0.2) is 31.4 Å². The van der Waals surface area contributed by atoms with Gasteiger partial charge in [-0.25, -0.2) is 9.36 Å². The summed E-state index contributed by atoms with van der Waals surface area (Å²) in [5, 5.41) is 7.75. The van der Waals surface area contributed by atoms with Crippen LogP contribution in [0.2, 0.25) is 0 Å². The summed E-state index contributed by atoms with van der Waals surface area (Å²) in [4.78, 5) is 24.0. The summed E-state index contributed by atoms with van der Waals surface area (Å²) in [6.07, 6.45) is 6.22. The molecule has 0 saturated carbocycles. The van der Waals surface area contributed by atoms with E-state index in [1.165, 1.54) is 21.8 Å². The zero-order valence-electron chi connectivity index (χ0n) is 10.4. The van der Waals surface area contributed by atoms with Crippen molar-refractivity contribution in [3.05, 3.63) is 72.3 Å². The summed E-state index contributed by atoms with van der Waals surface area (Å²) in [7, 11) is 0. The largest absolute Gasteiger partial charge is 0.278 e. The Hall–Kier alpha value is -3.02. The molecule has 2 aromatic heterocycles. The van der Waals surface area contributed by atoms with Crippen molar-refractivity contribution < 1.29 is 9.59 Å². The van der Waals surface area contributed by atoms with Crippen LogP contribution in [0, 0.1) is 0 Å². The van der Waals surface area contributed by atoms with E-state index >= 15 is 0 Å². The molecule has 0 spiro atoms. The van der Waals surface area contributed by atoms with Gasteiger partial charge in [-0.15, -0.1) is 0 Å². The van der Waals surface area contributed by atoms with Crippen LogP contribution >= 0.6 is 0 Å². The molecule has 20 heavy (non-hydrogen) atoms. The fraction of sp³-hybridized carbons (Fsp3) is 0. The van der Waals surface area contributed by atoms with E-state index in [9.17, 15) is 9.59 Å². The number of nitrogens with zero attached hydrogens (tertiary/aromatic N) is 4. The monoisotopic (exact) mass is 266 g/mol. The van der Waals surface area contributed by atoms with E-state index in [0.717, 1.165) is 0 Å². The number of rotatable bonds is 2. The van der Waals surface area contributed by atoms with Gasteiger partial charge in [-0.1, -0.05) is 0 Å². The number of aromatic nitrogens is 4. The van der Waals surface area contributed by atoms with Gasteiger partial charge in [0.2, 0.25) is 0 Å². The zero-order valence-corrected chi connectivity index (χ0v) is 10.4.